The molecule has 13 heavy (non-hydrogen) atoms. The third-order valence-corrected chi connectivity index (χ3v) is 3.08. The fourth-order valence-corrected chi connectivity index (χ4v) is 1.55. The van der Waals surface area contributed by atoms with Crippen molar-refractivity contribution in [1.29, 1.82) is 0 Å². The SMILES string of the molecule is O=C(CBr)Cc1cccc(F)c1Br. The van der Waals surface area contributed by atoms with E-state index in [0.717, 1.165) is 0 Å². The number of ketones is 1. The summed E-state index contributed by atoms with van der Waals surface area (Å²) in [6.45, 7) is 0. The molecular weight excluding hydrogens is 303 g/mol. The van der Waals surface area contributed by atoms with Crippen LogP contribution in [0.2, 0.25) is 0 Å². The molecule has 0 spiro atoms. The summed E-state index contributed by atoms with van der Waals surface area (Å²) in [5.74, 6) is -0.300. The van der Waals surface area contributed by atoms with Crippen LogP contribution in [0.3, 0.4) is 0 Å². The monoisotopic (exact) mass is 308 g/mol. The molecule has 0 aromatic heterocycles. The standard InChI is InChI=1S/C9H7Br2FO/c10-5-7(13)4-6-2-1-3-8(12)9(6)11/h1-3H,4-5H2. The van der Waals surface area contributed by atoms with Gasteiger partial charge in [-0.1, -0.05) is 28.1 Å². The van der Waals surface area contributed by atoms with Gasteiger partial charge >= 0.3 is 0 Å². The first-order valence-corrected chi connectivity index (χ1v) is 5.57. The highest BCUT2D eigenvalue weighted by Crippen LogP contribution is 2.20. The fraction of sp³-hybridized carbons (Fsp3) is 0.222. The van der Waals surface area contributed by atoms with Gasteiger partial charge in [0.2, 0.25) is 0 Å². The zero-order chi connectivity index (χ0) is 9.84. The smallest absolute Gasteiger partial charge is 0.147 e. The van der Waals surface area contributed by atoms with Crippen molar-refractivity contribution in [2.45, 2.75) is 6.42 Å². The van der Waals surface area contributed by atoms with Gasteiger partial charge in [0.1, 0.15) is 11.6 Å². The number of carbonyl (C=O) groups excluding carboxylic acids is 1. The Bertz CT molecular complexity index is 325. The predicted molar refractivity (Wildman–Crippen MR) is 56.6 cm³/mol. The number of alkyl halides is 1. The molecule has 4 heteroatoms. The van der Waals surface area contributed by atoms with Crippen LogP contribution in [0.25, 0.3) is 0 Å². The molecule has 0 aliphatic rings. The van der Waals surface area contributed by atoms with Crippen molar-refractivity contribution in [3.05, 3.63) is 34.1 Å². The zero-order valence-electron chi connectivity index (χ0n) is 6.69. The summed E-state index contributed by atoms with van der Waals surface area (Å²) >= 11 is 6.15. The molecule has 0 N–H and O–H groups in total. The maximum Gasteiger partial charge on any atom is 0.147 e. The molecule has 1 aromatic rings. The number of hydrogen-bond acceptors (Lipinski definition) is 1. The molecule has 0 aliphatic carbocycles. The molecular formula is C9H7Br2FO. The lowest BCUT2D eigenvalue weighted by Crippen LogP contribution is -2.04. The summed E-state index contributed by atoms with van der Waals surface area (Å²) in [6.07, 6.45) is 0.254. The molecule has 0 fully saturated rings. The van der Waals surface area contributed by atoms with Gasteiger partial charge in [0.15, 0.2) is 0 Å². The summed E-state index contributed by atoms with van der Waals surface area (Å²) in [5, 5.41) is 0.302. The van der Waals surface area contributed by atoms with Crippen LogP contribution in [-0.4, -0.2) is 11.1 Å². The molecule has 0 aliphatic heterocycles. The molecule has 1 rings (SSSR count). The average Bonchev–Trinajstić information content (AvgIpc) is 2.13. The van der Waals surface area contributed by atoms with Gasteiger partial charge in [0.25, 0.3) is 0 Å². The molecule has 1 aromatic carbocycles. The number of carbonyl (C=O) groups is 1. The highest BCUT2D eigenvalue weighted by Gasteiger charge is 2.08. The van der Waals surface area contributed by atoms with Crippen molar-refractivity contribution in [3.63, 3.8) is 0 Å². The highest BCUT2D eigenvalue weighted by atomic mass is 79.9. The van der Waals surface area contributed by atoms with Crippen LogP contribution in [0.1, 0.15) is 5.56 Å². The molecule has 0 unspecified atom stereocenters. The predicted octanol–water partition coefficient (Wildman–Crippen LogP) is 3.09. The van der Waals surface area contributed by atoms with Crippen LogP contribution in [-0.2, 0) is 11.2 Å². The van der Waals surface area contributed by atoms with E-state index in [1.165, 1.54) is 6.07 Å². The van der Waals surface area contributed by atoms with Gasteiger partial charge < -0.3 is 0 Å². The number of Topliss-reactive ketones (excluding diaryl/α,β-unsaturated/α-hetero) is 1. The Morgan fingerprint density at radius 3 is 2.77 bits per heavy atom. The first-order chi connectivity index (χ1) is 6.15. The summed E-state index contributed by atoms with van der Waals surface area (Å²) in [6, 6.07) is 4.68. The van der Waals surface area contributed by atoms with Crippen LogP contribution in [0.4, 0.5) is 4.39 Å². The van der Waals surface area contributed by atoms with E-state index in [0.29, 0.717) is 15.4 Å². The van der Waals surface area contributed by atoms with Gasteiger partial charge in [-0.3, -0.25) is 4.79 Å². The molecule has 70 valence electrons. The van der Waals surface area contributed by atoms with E-state index in [-0.39, 0.29) is 18.0 Å². The highest BCUT2D eigenvalue weighted by molar-refractivity contribution is 9.10. The van der Waals surface area contributed by atoms with Crippen molar-refractivity contribution in [2.75, 3.05) is 5.33 Å². The molecule has 1 nitrogen and oxygen atoms in total. The topological polar surface area (TPSA) is 17.1 Å². The second-order valence-electron chi connectivity index (χ2n) is 2.56. The average molecular weight is 310 g/mol. The molecule has 0 saturated heterocycles. The van der Waals surface area contributed by atoms with Crippen molar-refractivity contribution in [3.8, 4) is 0 Å². The van der Waals surface area contributed by atoms with Crippen LogP contribution in [0, 0.1) is 5.82 Å². The first kappa shape index (κ1) is 10.9. The minimum absolute atomic E-state index is 0.0336. The molecule has 0 atom stereocenters. The number of rotatable bonds is 3. The second-order valence-corrected chi connectivity index (χ2v) is 3.92. The van der Waals surface area contributed by atoms with Gasteiger partial charge in [-0.2, -0.15) is 0 Å². The molecule has 0 saturated carbocycles. The van der Waals surface area contributed by atoms with Crippen LogP contribution < -0.4 is 0 Å². The number of benzene rings is 1. The third-order valence-electron chi connectivity index (χ3n) is 1.57. The second kappa shape index (κ2) is 4.86. The molecule has 0 amide bonds. The lowest BCUT2D eigenvalue weighted by molar-refractivity contribution is -0.115. The van der Waals surface area contributed by atoms with E-state index in [2.05, 4.69) is 31.9 Å². The quantitative estimate of drug-likeness (QED) is 0.784. The normalized spacial score (nSPS) is 10.1. The lowest BCUT2D eigenvalue weighted by atomic mass is 10.1. The summed E-state index contributed by atoms with van der Waals surface area (Å²) in [4.78, 5) is 11.1. The molecule has 0 radical (unpaired) electrons. The fourth-order valence-electron chi connectivity index (χ4n) is 0.945. The number of halogens is 3. The Balaban J connectivity index is 2.89. The Hall–Kier alpha value is -0.220. The number of hydrogen-bond donors (Lipinski definition) is 0. The molecule has 0 bridgehead atoms. The van der Waals surface area contributed by atoms with Crippen LogP contribution >= 0.6 is 31.9 Å². The maximum absolute atomic E-state index is 13.0. The summed E-state index contributed by atoms with van der Waals surface area (Å²) in [5.41, 5.74) is 0.685. The van der Waals surface area contributed by atoms with E-state index in [1.807, 2.05) is 0 Å². The first-order valence-electron chi connectivity index (χ1n) is 3.65. The summed E-state index contributed by atoms with van der Waals surface area (Å²) < 4.78 is 13.3. The summed E-state index contributed by atoms with van der Waals surface area (Å²) in [7, 11) is 0. The zero-order valence-corrected chi connectivity index (χ0v) is 9.86. The van der Waals surface area contributed by atoms with Gasteiger partial charge in [-0.15, -0.1) is 0 Å². The van der Waals surface area contributed by atoms with E-state index in [1.54, 1.807) is 12.1 Å². The van der Waals surface area contributed by atoms with Crippen molar-refractivity contribution in [1.82, 2.24) is 0 Å². The van der Waals surface area contributed by atoms with Gasteiger partial charge in [-0.25, -0.2) is 4.39 Å². The minimum atomic E-state index is -0.333. The minimum Gasteiger partial charge on any atom is -0.298 e. The van der Waals surface area contributed by atoms with Crippen molar-refractivity contribution >= 4 is 37.6 Å². The maximum atomic E-state index is 13.0. The van der Waals surface area contributed by atoms with E-state index in [4.69, 9.17) is 0 Å². The molecule has 0 heterocycles. The Morgan fingerprint density at radius 2 is 2.15 bits per heavy atom. The van der Waals surface area contributed by atoms with Crippen molar-refractivity contribution in [2.24, 2.45) is 0 Å². The van der Waals surface area contributed by atoms with Crippen molar-refractivity contribution < 1.29 is 9.18 Å². The lowest BCUT2D eigenvalue weighted by Gasteiger charge is -2.02. The van der Waals surface area contributed by atoms with E-state index < -0.39 is 0 Å². The third kappa shape index (κ3) is 2.88. The van der Waals surface area contributed by atoms with Gasteiger partial charge in [-0.05, 0) is 27.6 Å². The van der Waals surface area contributed by atoms with Crippen LogP contribution in [0.15, 0.2) is 22.7 Å². The van der Waals surface area contributed by atoms with E-state index in [9.17, 15) is 9.18 Å². The Labute approximate surface area is 92.6 Å². The van der Waals surface area contributed by atoms with Gasteiger partial charge in [0.05, 0.1) is 9.80 Å². The largest absolute Gasteiger partial charge is 0.298 e. The van der Waals surface area contributed by atoms with Crippen LogP contribution in [0.5, 0.6) is 0 Å². The van der Waals surface area contributed by atoms with E-state index >= 15 is 0 Å². The van der Waals surface area contributed by atoms with Gasteiger partial charge in [0, 0.05) is 6.42 Å². The Morgan fingerprint density at radius 1 is 1.46 bits per heavy atom. The Kier molecular flexibility index (Phi) is 4.06.